The quantitative estimate of drug-likeness (QED) is 0.777. The molecule has 0 amide bonds. The summed E-state index contributed by atoms with van der Waals surface area (Å²) in [5.41, 5.74) is 6.82. The number of rotatable bonds is 3. The van der Waals surface area contributed by atoms with E-state index in [-0.39, 0.29) is 5.56 Å². The van der Waals surface area contributed by atoms with Crippen molar-refractivity contribution in [3.8, 4) is 11.6 Å². The first kappa shape index (κ1) is 11.4. The van der Waals surface area contributed by atoms with E-state index in [0.717, 1.165) is 5.56 Å². The zero-order valence-corrected chi connectivity index (χ0v) is 9.47. The minimum Gasteiger partial charge on any atom is -0.330 e. The Morgan fingerprint density at radius 2 is 2.06 bits per heavy atom. The van der Waals surface area contributed by atoms with Crippen LogP contribution in [0, 0.1) is 6.92 Å². The molecular formula is C11H13N5O. The summed E-state index contributed by atoms with van der Waals surface area (Å²) < 4.78 is 0. The van der Waals surface area contributed by atoms with Crippen LogP contribution in [0.2, 0.25) is 0 Å². The lowest BCUT2D eigenvalue weighted by Crippen LogP contribution is -2.14. The summed E-state index contributed by atoms with van der Waals surface area (Å²) in [6.45, 7) is 2.34. The fourth-order valence-electron chi connectivity index (χ4n) is 1.40. The van der Waals surface area contributed by atoms with Crippen molar-refractivity contribution in [3.63, 3.8) is 0 Å². The maximum atomic E-state index is 11.4. The standard InChI is InChI=1S/C11H13N5O/c1-7-5-13-10(14-6-7)11-15-8(2-3-12)4-9(17)16-11/h4-6H,2-3,12H2,1H3,(H,15,16,17). The van der Waals surface area contributed by atoms with Gasteiger partial charge in [-0.25, -0.2) is 15.0 Å². The number of nitrogens with one attached hydrogen (secondary N) is 1. The molecule has 0 aliphatic heterocycles. The molecule has 0 saturated heterocycles. The summed E-state index contributed by atoms with van der Waals surface area (Å²) >= 11 is 0. The second-order valence-corrected chi connectivity index (χ2v) is 3.71. The zero-order valence-electron chi connectivity index (χ0n) is 9.47. The van der Waals surface area contributed by atoms with Crippen LogP contribution < -0.4 is 11.3 Å². The van der Waals surface area contributed by atoms with Crippen molar-refractivity contribution in [2.24, 2.45) is 5.73 Å². The lowest BCUT2D eigenvalue weighted by atomic mass is 10.3. The van der Waals surface area contributed by atoms with Gasteiger partial charge in [-0.1, -0.05) is 0 Å². The molecule has 0 aromatic carbocycles. The molecule has 0 bridgehead atoms. The highest BCUT2D eigenvalue weighted by molar-refractivity contribution is 5.42. The van der Waals surface area contributed by atoms with Crippen LogP contribution in [0.3, 0.4) is 0 Å². The summed E-state index contributed by atoms with van der Waals surface area (Å²) in [7, 11) is 0. The van der Waals surface area contributed by atoms with Gasteiger partial charge in [0.2, 0.25) is 0 Å². The van der Waals surface area contributed by atoms with Gasteiger partial charge < -0.3 is 10.7 Å². The minimum atomic E-state index is -0.220. The molecule has 0 spiro atoms. The van der Waals surface area contributed by atoms with E-state index in [9.17, 15) is 4.79 Å². The molecule has 0 radical (unpaired) electrons. The molecule has 2 heterocycles. The van der Waals surface area contributed by atoms with E-state index in [1.807, 2.05) is 6.92 Å². The predicted octanol–water partition coefficient (Wildman–Crippen LogP) is 0.0365. The Labute approximate surface area is 98.0 Å². The highest BCUT2D eigenvalue weighted by Gasteiger charge is 2.06. The number of nitrogens with zero attached hydrogens (tertiary/aromatic N) is 3. The molecule has 2 rings (SSSR count). The molecule has 6 nitrogen and oxygen atoms in total. The number of aromatic nitrogens is 4. The molecule has 2 aromatic heterocycles. The fourth-order valence-corrected chi connectivity index (χ4v) is 1.40. The van der Waals surface area contributed by atoms with Crippen LogP contribution in [0.25, 0.3) is 11.6 Å². The van der Waals surface area contributed by atoms with Gasteiger partial charge in [0.05, 0.1) is 0 Å². The second-order valence-electron chi connectivity index (χ2n) is 3.71. The number of H-pyrrole nitrogens is 1. The Bertz CT molecular complexity index is 561. The van der Waals surface area contributed by atoms with Crippen molar-refractivity contribution in [1.29, 1.82) is 0 Å². The number of nitrogens with two attached hydrogens (primary N) is 1. The third-order valence-electron chi connectivity index (χ3n) is 2.19. The number of aryl methyl sites for hydroxylation is 1. The smallest absolute Gasteiger partial charge is 0.251 e. The molecular weight excluding hydrogens is 218 g/mol. The van der Waals surface area contributed by atoms with Gasteiger partial charge in [-0.3, -0.25) is 4.79 Å². The van der Waals surface area contributed by atoms with E-state index >= 15 is 0 Å². The van der Waals surface area contributed by atoms with Crippen molar-refractivity contribution >= 4 is 0 Å². The van der Waals surface area contributed by atoms with Crippen molar-refractivity contribution in [2.45, 2.75) is 13.3 Å². The van der Waals surface area contributed by atoms with E-state index in [0.29, 0.717) is 30.3 Å². The summed E-state index contributed by atoms with van der Waals surface area (Å²) in [6.07, 6.45) is 3.92. The van der Waals surface area contributed by atoms with Crippen LogP contribution in [-0.4, -0.2) is 26.5 Å². The first-order chi connectivity index (χ1) is 8.19. The van der Waals surface area contributed by atoms with Crippen LogP contribution in [0.5, 0.6) is 0 Å². The third kappa shape index (κ3) is 2.73. The average molecular weight is 231 g/mol. The molecule has 17 heavy (non-hydrogen) atoms. The van der Waals surface area contributed by atoms with Crippen molar-refractivity contribution in [2.75, 3.05) is 6.54 Å². The fraction of sp³-hybridized carbons (Fsp3) is 0.273. The predicted molar refractivity (Wildman–Crippen MR) is 63.4 cm³/mol. The van der Waals surface area contributed by atoms with Crippen LogP contribution >= 0.6 is 0 Å². The Kier molecular flexibility index (Phi) is 3.24. The van der Waals surface area contributed by atoms with Gasteiger partial charge in [0.15, 0.2) is 11.6 Å². The molecule has 0 atom stereocenters. The highest BCUT2D eigenvalue weighted by atomic mass is 16.1. The van der Waals surface area contributed by atoms with Gasteiger partial charge in [-0.15, -0.1) is 0 Å². The minimum absolute atomic E-state index is 0.220. The van der Waals surface area contributed by atoms with E-state index in [4.69, 9.17) is 5.73 Å². The van der Waals surface area contributed by atoms with Crippen molar-refractivity contribution < 1.29 is 0 Å². The topological polar surface area (TPSA) is 97.5 Å². The molecule has 3 N–H and O–H groups in total. The molecule has 0 fully saturated rings. The number of hydrogen-bond acceptors (Lipinski definition) is 5. The average Bonchev–Trinajstić information content (AvgIpc) is 2.29. The van der Waals surface area contributed by atoms with Crippen LogP contribution in [0.15, 0.2) is 23.3 Å². The van der Waals surface area contributed by atoms with E-state index < -0.39 is 0 Å². The summed E-state index contributed by atoms with van der Waals surface area (Å²) in [5, 5.41) is 0. The van der Waals surface area contributed by atoms with Gasteiger partial charge in [-0.05, 0) is 19.0 Å². The maximum Gasteiger partial charge on any atom is 0.251 e. The van der Waals surface area contributed by atoms with Gasteiger partial charge in [0, 0.05) is 30.6 Å². The Morgan fingerprint density at radius 1 is 1.35 bits per heavy atom. The molecule has 6 heteroatoms. The summed E-state index contributed by atoms with van der Waals surface area (Å²) in [5.74, 6) is 0.785. The maximum absolute atomic E-state index is 11.4. The van der Waals surface area contributed by atoms with Crippen molar-refractivity contribution in [3.05, 3.63) is 40.1 Å². The third-order valence-corrected chi connectivity index (χ3v) is 2.19. The Morgan fingerprint density at radius 3 is 2.71 bits per heavy atom. The largest absolute Gasteiger partial charge is 0.330 e. The first-order valence-electron chi connectivity index (χ1n) is 5.28. The van der Waals surface area contributed by atoms with Crippen molar-refractivity contribution in [1.82, 2.24) is 19.9 Å². The molecule has 0 aliphatic rings. The molecule has 88 valence electrons. The molecule has 0 aliphatic carbocycles. The normalized spacial score (nSPS) is 10.5. The molecule has 0 saturated carbocycles. The molecule has 2 aromatic rings. The van der Waals surface area contributed by atoms with E-state index in [2.05, 4.69) is 19.9 Å². The monoisotopic (exact) mass is 231 g/mol. The van der Waals surface area contributed by atoms with Crippen LogP contribution in [0.1, 0.15) is 11.3 Å². The van der Waals surface area contributed by atoms with E-state index in [1.165, 1.54) is 6.07 Å². The lowest BCUT2D eigenvalue weighted by molar-refractivity contribution is 0.898. The Balaban J connectivity index is 2.44. The lowest BCUT2D eigenvalue weighted by Gasteiger charge is -2.02. The first-order valence-corrected chi connectivity index (χ1v) is 5.28. The van der Waals surface area contributed by atoms with Gasteiger partial charge in [0.1, 0.15) is 0 Å². The zero-order chi connectivity index (χ0) is 12.3. The highest BCUT2D eigenvalue weighted by Crippen LogP contribution is 2.07. The second kappa shape index (κ2) is 4.84. The Hall–Kier alpha value is -2.08. The molecule has 0 unspecified atom stereocenters. The SMILES string of the molecule is Cc1cnc(-c2nc(CCN)cc(=O)[nH]2)nc1. The van der Waals surface area contributed by atoms with Crippen LogP contribution in [0.4, 0.5) is 0 Å². The number of hydrogen-bond donors (Lipinski definition) is 2. The van der Waals surface area contributed by atoms with Gasteiger partial charge in [-0.2, -0.15) is 0 Å². The number of aromatic amines is 1. The van der Waals surface area contributed by atoms with Gasteiger partial charge >= 0.3 is 0 Å². The summed E-state index contributed by atoms with van der Waals surface area (Å²) in [4.78, 5) is 26.5. The van der Waals surface area contributed by atoms with Gasteiger partial charge in [0.25, 0.3) is 5.56 Å². The summed E-state index contributed by atoms with van der Waals surface area (Å²) in [6, 6.07) is 1.44. The van der Waals surface area contributed by atoms with Crippen LogP contribution in [-0.2, 0) is 6.42 Å². The van der Waals surface area contributed by atoms with E-state index in [1.54, 1.807) is 12.4 Å².